The number of oxazole rings is 1. The molecule has 0 aliphatic carbocycles. The zero-order valence-corrected chi connectivity index (χ0v) is 8.66. The molecule has 5 heteroatoms. The summed E-state index contributed by atoms with van der Waals surface area (Å²) in [4.78, 5) is 15.4. The topological polar surface area (TPSA) is 63.3 Å². The third-order valence-electron chi connectivity index (χ3n) is 1.87. The minimum atomic E-state index is -0.830. The fourth-order valence-corrected chi connectivity index (χ4v) is 1.82. The lowest BCUT2D eigenvalue weighted by Crippen LogP contribution is -1.96. The largest absolute Gasteiger partial charge is 0.481 e. The lowest BCUT2D eigenvalue weighted by molar-refractivity contribution is -0.137. The van der Waals surface area contributed by atoms with Gasteiger partial charge in [0, 0.05) is 6.42 Å². The fourth-order valence-electron chi connectivity index (χ4n) is 1.17. The van der Waals surface area contributed by atoms with Crippen molar-refractivity contribution in [3.05, 3.63) is 29.5 Å². The molecule has 4 nitrogen and oxygen atoms in total. The molecule has 0 amide bonds. The van der Waals surface area contributed by atoms with E-state index in [2.05, 4.69) is 4.98 Å². The molecule has 1 N–H and O–H groups in total. The molecule has 2 rings (SSSR count). The van der Waals surface area contributed by atoms with Crippen molar-refractivity contribution in [2.75, 3.05) is 0 Å². The van der Waals surface area contributed by atoms with E-state index in [1.54, 1.807) is 17.5 Å². The van der Waals surface area contributed by atoms with Crippen molar-refractivity contribution in [2.24, 2.45) is 0 Å². The molecule has 0 fully saturated rings. The molecule has 15 heavy (non-hydrogen) atoms. The number of carboxylic acid groups (broad SMARTS) is 1. The maximum absolute atomic E-state index is 10.3. The quantitative estimate of drug-likeness (QED) is 0.864. The Morgan fingerprint density at radius 2 is 2.47 bits per heavy atom. The van der Waals surface area contributed by atoms with Crippen LogP contribution in [0.4, 0.5) is 0 Å². The van der Waals surface area contributed by atoms with Gasteiger partial charge in [0.1, 0.15) is 5.76 Å². The smallest absolute Gasteiger partial charge is 0.303 e. The molecule has 0 aliphatic heterocycles. The predicted octanol–water partition coefficient (Wildman–Crippen LogP) is 2.42. The number of hydrogen-bond acceptors (Lipinski definition) is 4. The minimum absolute atomic E-state index is 0.0685. The third-order valence-corrected chi connectivity index (χ3v) is 2.73. The van der Waals surface area contributed by atoms with Crippen molar-refractivity contribution in [3.63, 3.8) is 0 Å². The molecule has 0 saturated heterocycles. The van der Waals surface area contributed by atoms with Crippen LogP contribution >= 0.6 is 11.3 Å². The number of aliphatic carboxylic acids is 1. The average Bonchev–Trinajstić information content (AvgIpc) is 2.85. The minimum Gasteiger partial charge on any atom is -0.481 e. The molecular weight excluding hydrogens is 214 g/mol. The van der Waals surface area contributed by atoms with Gasteiger partial charge < -0.3 is 9.52 Å². The Balaban J connectivity index is 2.08. The first-order valence-corrected chi connectivity index (χ1v) is 5.34. The van der Waals surface area contributed by atoms with Crippen LogP contribution in [0.2, 0.25) is 0 Å². The highest BCUT2D eigenvalue weighted by Gasteiger charge is 2.08. The standard InChI is InChI=1S/C10H9NO3S/c12-9(13)4-3-7-6-11-10(14-7)8-2-1-5-15-8/h1-2,5-6H,3-4H2,(H,12,13). The average molecular weight is 223 g/mol. The Bertz CT molecular complexity index is 447. The highest BCUT2D eigenvalue weighted by molar-refractivity contribution is 7.13. The van der Waals surface area contributed by atoms with Gasteiger partial charge in [0.15, 0.2) is 0 Å². The second-order valence-corrected chi connectivity index (χ2v) is 3.95. The number of hydrogen-bond donors (Lipinski definition) is 1. The summed E-state index contributed by atoms with van der Waals surface area (Å²) in [5.74, 6) is 0.343. The number of nitrogens with zero attached hydrogens (tertiary/aromatic N) is 1. The van der Waals surface area contributed by atoms with Gasteiger partial charge in [-0.05, 0) is 11.4 Å². The Labute approximate surface area is 90.2 Å². The monoisotopic (exact) mass is 223 g/mol. The summed E-state index contributed by atoms with van der Waals surface area (Å²) in [5.41, 5.74) is 0. The normalized spacial score (nSPS) is 10.4. The van der Waals surface area contributed by atoms with E-state index in [0.717, 1.165) is 4.88 Å². The van der Waals surface area contributed by atoms with Crippen molar-refractivity contribution < 1.29 is 14.3 Å². The van der Waals surface area contributed by atoms with Crippen LogP contribution in [-0.2, 0) is 11.2 Å². The Morgan fingerprint density at radius 3 is 3.13 bits per heavy atom. The number of carbonyl (C=O) groups is 1. The van der Waals surface area contributed by atoms with Crippen LogP contribution in [0, 0.1) is 0 Å². The molecule has 0 saturated carbocycles. The van der Waals surface area contributed by atoms with Crippen LogP contribution in [0.1, 0.15) is 12.2 Å². The number of carboxylic acids is 1. The first kappa shape index (κ1) is 9.92. The van der Waals surface area contributed by atoms with Crippen molar-refractivity contribution in [1.82, 2.24) is 4.98 Å². The Hall–Kier alpha value is -1.62. The van der Waals surface area contributed by atoms with E-state index >= 15 is 0 Å². The van der Waals surface area contributed by atoms with Gasteiger partial charge in [0.25, 0.3) is 0 Å². The van der Waals surface area contributed by atoms with Crippen LogP contribution < -0.4 is 0 Å². The van der Waals surface area contributed by atoms with E-state index in [1.807, 2.05) is 17.5 Å². The maximum Gasteiger partial charge on any atom is 0.303 e. The molecule has 78 valence electrons. The van der Waals surface area contributed by atoms with E-state index in [0.29, 0.717) is 18.1 Å². The number of thiophene rings is 1. The Morgan fingerprint density at radius 1 is 1.60 bits per heavy atom. The van der Waals surface area contributed by atoms with Gasteiger partial charge in [-0.15, -0.1) is 11.3 Å². The van der Waals surface area contributed by atoms with E-state index < -0.39 is 5.97 Å². The van der Waals surface area contributed by atoms with E-state index in [9.17, 15) is 4.79 Å². The lowest BCUT2D eigenvalue weighted by Gasteiger charge is -1.91. The summed E-state index contributed by atoms with van der Waals surface area (Å²) in [6.45, 7) is 0. The fraction of sp³-hybridized carbons (Fsp3) is 0.200. The van der Waals surface area contributed by atoms with Crippen LogP contribution in [0.25, 0.3) is 10.8 Å². The molecule has 0 spiro atoms. The molecule has 0 bridgehead atoms. The SMILES string of the molecule is O=C(O)CCc1cnc(-c2cccs2)o1. The second kappa shape index (κ2) is 4.27. The molecular formula is C10H9NO3S. The summed E-state index contributed by atoms with van der Waals surface area (Å²) < 4.78 is 5.41. The van der Waals surface area contributed by atoms with Crippen LogP contribution in [0.15, 0.2) is 28.1 Å². The molecule has 0 aliphatic rings. The van der Waals surface area contributed by atoms with Crippen LogP contribution in [-0.4, -0.2) is 16.1 Å². The molecule has 0 atom stereocenters. The first-order chi connectivity index (χ1) is 7.25. The first-order valence-electron chi connectivity index (χ1n) is 4.46. The molecule has 2 aromatic heterocycles. The maximum atomic E-state index is 10.3. The van der Waals surface area contributed by atoms with E-state index in [4.69, 9.17) is 9.52 Å². The van der Waals surface area contributed by atoms with Gasteiger partial charge in [0.2, 0.25) is 5.89 Å². The number of aryl methyl sites for hydroxylation is 1. The predicted molar refractivity (Wildman–Crippen MR) is 55.8 cm³/mol. The van der Waals surface area contributed by atoms with Crippen LogP contribution in [0.5, 0.6) is 0 Å². The molecule has 0 radical (unpaired) electrons. The van der Waals surface area contributed by atoms with Gasteiger partial charge in [0.05, 0.1) is 17.5 Å². The van der Waals surface area contributed by atoms with Gasteiger partial charge >= 0.3 is 5.97 Å². The van der Waals surface area contributed by atoms with Gasteiger partial charge in [-0.25, -0.2) is 4.98 Å². The summed E-state index contributed by atoms with van der Waals surface area (Å²) in [6.07, 6.45) is 2.03. The highest BCUT2D eigenvalue weighted by Crippen LogP contribution is 2.24. The number of aromatic nitrogens is 1. The summed E-state index contributed by atoms with van der Waals surface area (Å²) in [6, 6.07) is 3.83. The highest BCUT2D eigenvalue weighted by atomic mass is 32.1. The summed E-state index contributed by atoms with van der Waals surface area (Å²) in [5, 5.41) is 10.4. The molecule has 2 aromatic rings. The zero-order valence-electron chi connectivity index (χ0n) is 7.84. The van der Waals surface area contributed by atoms with E-state index in [-0.39, 0.29) is 6.42 Å². The second-order valence-electron chi connectivity index (χ2n) is 3.00. The summed E-state index contributed by atoms with van der Waals surface area (Å²) >= 11 is 1.54. The molecule has 2 heterocycles. The van der Waals surface area contributed by atoms with Crippen molar-refractivity contribution in [2.45, 2.75) is 12.8 Å². The Kier molecular flexibility index (Phi) is 2.82. The third kappa shape index (κ3) is 2.44. The van der Waals surface area contributed by atoms with Gasteiger partial charge in [-0.1, -0.05) is 6.07 Å². The van der Waals surface area contributed by atoms with Crippen molar-refractivity contribution in [3.8, 4) is 10.8 Å². The van der Waals surface area contributed by atoms with E-state index in [1.165, 1.54) is 0 Å². The number of rotatable bonds is 4. The lowest BCUT2D eigenvalue weighted by atomic mass is 10.3. The van der Waals surface area contributed by atoms with Crippen molar-refractivity contribution >= 4 is 17.3 Å². The van der Waals surface area contributed by atoms with Gasteiger partial charge in [-0.3, -0.25) is 4.79 Å². The van der Waals surface area contributed by atoms with Crippen molar-refractivity contribution in [1.29, 1.82) is 0 Å². The molecule has 0 aromatic carbocycles. The molecule has 0 unspecified atom stereocenters. The zero-order chi connectivity index (χ0) is 10.7. The summed E-state index contributed by atoms with van der Waals surface area (Å²) in [7, 11) is 0. The van der Waals surface area contributed by atoms with Gasteiger partial charge in [-0.2, -0.15) is 0 Å². The van der Waals surface area contributed by atoms with Crippen LogP contribution in [0.3, 0.4) is 0 Å².